The second kappa shape index (κ2) is 8.07. The van der Waals surface area contributed by atoms with Crippen LogP contribution in [0.3, 0.4) is 0 Å². The first-order valence-electron chi connectivity index (χ1n) is 6.74. The maximum Gasteiger partial charge on any atom is 0.341 e. The lowest BCUT2D eigenvalue weighted by atomic mass is 10.2. The molecule has 0 aromatic heterocycles. The second-order valence-corrected chi connectivity index (χ2v) is 4.95. The van der Waals surface area contributed by atoms with Gasteiger partial charge in [-0.15, -0.1) is 0 Å². The van der Waals surface area contributed by atoms with Crippen LogP contribution in [-0.2, 0) is 9.53 Å². The van der Waals surface area contributed by atoms with Crippen LogP contribution in [0.25, 0.3) is 0 Å². The van der Waals surface area contributed by atoms with Gasteiger partial charge in [0, 0.05) is 0 Å². The second-order valence-electron chi connectivity index (χ2n) is 4.54. The number of benzene rings is 2. The SMILES string of the molecule is O=C(COC(=O)c1ccccc1F)NNC(=O)c1ccccc1Cl. The van der Waals surface area contributed by atoms with E-state index >= 15 is 0 Å². The van der Waals surface area contributed by atoms with Gasteiger partial charge in [0.15, 0.2) is 6.61 Å². The normalized spacial score (nSPS) is 9.92. The van der Waals surface area contributed by atoms with Gasteiger partial charge in [-0.05, 0) is 24.3 Å². The molecule has 0 aliphatic rings. The maximum absolute atomic E-state index is 13.4. The first-order valence-corrected chi connectivity index (χ1v) is 7.12. The minimum atomic E-state index is -0.985. The summed E-state index contributed by atoms with van der Waals surface area (Å²) in [7, 11) is 0. The Labute approximate surface area is 141 Å². The van der Waals surface area contributed by atoms with Crippen LogP contribution in [0.4, 0.5) is 4.39 Å². The van der Waals surface area contributed by atoms with Crippen LogP contribution >= 0.6 is 11.6 Å². The fourth-order valence-electron chi connectivity index (χ4n) is 1.71. The summed E-state index contributed by atoms with van der Waals surface area (Å²) >= 11 is 5.84. The zero-order valence-corrected chi connectivity index (χ0v) is 13.0. The predicted molar refractivity (Wildman–Crippen MR) is 83.7 cm³/mol. The topological polar surface area (TPSA) is 84.5 Å². The summed E-state index contributed by atoms with van der Waals surface area (Å²) in [5, 5.41) is 0.218. The van der Waals surface area contributed by atoms with Gasteiger partial charge < -0.3 is 4.74 Å². The van der Waals surface area contributed by atoms with Crippen molar-refractivity contribution < 1.29 is 23.5 Å². The van der Waals surface area contributed by atoms with E-state index in [0.717, 1.165) is 6.07 Å². The number of hydrogen-bond donors (Lipinski definition) is 2. The van der Waals surface area contributed by atoms with Crippen molar-refractivity contribution in [1.29, 1.82) is 0 Å². The predicted octanol–water partition coefficient (Wildman–Crippen LogP) is 2.10. The summed E-state index contributed by atoms with van der Waals surface area (Å²) in [6.45, 7) is -0.685. The lowest BCUT2D eigenvalue weighted by Crippen LogP contribution is -2.43. The molecule has 2 aromatic carbocycles. The first kappa shape index (κ1) is 17.4. The van der Waals surface area contributed by atoms with Crippen molar-refractivity contribution in [2.75, 3.05) is 6.61 Å². The molecule has 124 valence electrons. The van der Waals surface area contributed by atoms with E-state index in [1.165, 1.54) is 30.3 Å². The molecule has 2 N–H and O–H groups in total. The van der Waals surface area contributed by atoms with E-state index in [9.17, 15) is 18.8 Å². The standard InChI is InChI=1S/C16H12ClFN2O4/c17-12-7-3-1-5-10(12)15(22)20-19-14(21)9-24-16(23)11-6-2-4-8-13(11)18/h1-8H,9H2,(H,19,21)(H,20,22). The fraction of sp³-hybridized carbons (Fsp3) is 0.0625. The summed E-state index contributed by atoms with van der Waals surface area (Å²) in [5.74, 6) is -3.16. The van der Waals surface area contributed by atoms with Crippen LogP contribution in [0, 0.1) is 5.82 Å². The molecule has 0 atom stereocenters. The van der Waals surface area contributed by atoms with E-state index in [0.29, 0.717) is 0 Å². The van der Waals surface area contributed by atoms with Crippen molar-refractivity contribution in [1.82, 2.24) is 10.9 Å². The number of carbonyl (C=O) groups excluding carboxylic acids is 3. The van der Waals surface area contributed by atoms with Crippen molar-refractivity contribution in [3.8, 4) is 0 Å². The number of hydrazine groups is 1. The van der Waals surface area contributed by atoms with Crippen LogP contribution < -0.4 is 10.9 Å². The number of amides is 2. The molecule has 0 saturated carbocycles. The summed E-state index contributed by atoms with van der Waals surface area (Å²) in [5.41, 5.74) is 4.07. The average molecular weight is 351 g/mol. The summed E-state index contributed by atoms with van der Waals surface area (Å²) in [6, 6.07) is 11.5. The monoisotopic (exact) mass is 350 g/mol. The number of rotatable bonds is 4. The molecule has 6 nitrogen and oxygen atoms in total. The van der Waals surface area contributed by atoms with Crippen molar-refractivity contribution in [2.24, 2.45) is 0 Å². The van der Waals surface area contributed by atoms with E-state index in [1.807, 2.05) is 0 Å². The highest BCUT2D eigenvalue weighted by Crippen LogP contribution is 2.14. The third-order valence-electron chi connectivity index (χ3n) is 2.86. The molecule has 0 aliphatic carbocycles. The number of carbonyl (C=O) groups is 3. The average Bonchev–Trinajstić information content (AvgIpc) is 2.58. The third kappa shape index (κ3) is 4.53. The van der Waals surface area contributed by atoms with E-state index in [4.69, 9.17) is 11.6 Å². The van der Waals surface area contributed by atoms with Gasteiger partial charge in [0.2, 0.25) is 0 Å². The summed E-state index contributed by atoms with van der Waals surface area (Å²) in [4.78, 5) is 35.0. The zero-order chi connectivity index (χ0) is 17.5. The molecule has 2 aromatic rings. The van der Waals surface area contributed by atoms with E-state index in [2.05, 4.69) is 15.6 Å². The van der Waals surface area contributed by atoms with Crippen molar-refractivity contribution >= 4 is 29.4 Å². The van der Waals surface area contributed by atoms with Crippen LogP contribution in [-0.4, -0.2) is 24.4 Å². The molecule has 2 amide bonds. The molecular weight excluding hydrogens is 339 g/mol. The van der Waals surface area contributed by atoms with Gasteiger partial charge >= 0.3 is 5.97 Å². The third-order valence-corrected chi connectivity index (χ3v) is 3.19. The van der Waals surface area contributed by atoms with E-state index in [1.54, 1.807) is 12.1 Å². The smallest absolute Gasteiger partial charge is 0.341 e. The fourth-order valence-corrected chi connectivity index (χ4v) is 1.93. The van der Waals surface area contributed by atoms with Crippen LogP contribution in [0.5, 0.6) is 0 Å². The molecule has 0 radical (unpaired) electrons. The van der Waals surface area contributed by atoms with Gasteiger partial charge in [0.1, 0.15) is 5.82 Å². The van der Waals surface area contributed by atoms with Crippen molar-refractivity contribution in [2.45, 2.75) is 0 Å². The Morgan fingerprint density at radius 2 is 1.58 bits per heavy atom. The summed E-state index contributed by atoms with van der Waals surface area (Å²) < 4.78 is 18.0. The first-order chi connectivity index (χ1) is 11.5. The van der Waals surface area contributed by atoms with Crippen molar-refractivity contribution in [3.05, 3.63) is 70.5 Å². The molecule has 0 aliphatic heterocycles. The van der Waals surface area contributed by atoms with Gasteiger partial charge in [-0.2, -0.15) is 0 Å². The van der Waals surface area contributed by atoms with Gasteiger partial charge in [-0.1, -0.05) is 35.9 Å². The van der Waals surface area contributed by atoms with Crippen LogP contribution in [0.1, 0.15) is 20.7 Å². The molecule has 8 heteroatoms. The lowest BCUT2D eigenvalue weighted by Gasteiger charge is -2.09. The zero-order valence-electron chi connectivity index (χ0n) is 12.2. The highest BCUT2D eigenvalue weighted by atomic mass is 35.5. The Balaban J connectivity index is 1.82. The highest BCUT2D eigenvalue weighted by molar-refractivity contribution is 6.33. The van der Waals surface area contributed by atoms with Gasteiger partial charge in [0.05, 0.1) is 16.1 Å². The van der Waals surface area contributed by atoms with E-state index < -0.39 is 30.2 Å². The van der Waals surface area contributed by atoms with Crippen molar-refractivity contribution in [3.63, 3.8) is 0 Å². The van der Waals surface area contributed by atoms with Crippen LogP contribution in [0.15, 0.2) is 48.5 Å². The molecule has 24 heavy (non-hydrogen) atoms. The Bertz CT molecular complexity index is 719. The Hall–Kier alpha value is -2.93. The molecule has 2 rings (SSSR count). The molecule has 0 fully saturated rings. The lowest BCUT2D eigenvalue weighted by molar-refractivity contribution is -0.125. The Morgan fingerprint density at radius 3 is 2.25 bits per heavy atom. The highest BCUT2D eigenvalue weighted by Gasteiger charge is 2.15. The number of nitrogens with one attached hydrogen (secondary N) is 2. The molecule has 0 saturated heterocycles. The number of hydrogen-bond acceptors (Lipinski definition) is 4. The maximum atomic E-state index is 13.4. The molecule has 0 unspecified atom stereocenters. The van der Waals surface area contributed by atoms with E-state index in [-0.39, 0.29) is 16.1 Å². The number of halogens is 2. The number of ether oxygens (including phenoxy) is 1. The Kier molecular flexibility index (Phi) is 5.86. The molecule has 0 heterocycles. The summed E-state index contributed by atoms with van der Waals surface area (Å²) in [6.07, 6.45) is 0. The van der Waals surface area contributed by atoms with Crippen LogP contribution in [0.2, 0.25) is 5.02 Å². The minimum absolute atomic E-state index is 0.169. The Morgan fingerprint density at radius 1 is 0.958 bits per heavy atom. The quantitative estimate of drug-likeness (QED) is 0.653. The number of esters is 1. The van der Waals surface area contributed by atoms with Gasteiger partial charge in [0.25, 0.3) is 11.8 Å². The minimum Gasteiger partial charge on any atom is -0.452 e. The van der Waals surface area contributed by atoms with Gasteiger partial charge in [-0.3, -0.25) is 20.4 Å². The largest absolute Gasteiger partial charge is 0.452 e. The van der Waals surface area contributed by atoms with Gasteiger partial charge in [-0.25, -0.2) is 9.18 Å². The molecule has 0 spiro atoms. The molecule has 0 bridgehead atoms. The molecular formula is C16H12ClFN2O4.